The van der Waals surface area contributed by atoms with Gasteiger partial charge in [-0.25, -0.2) is 26.5 Å². The maximum absolute atomic E-state index is 13.8. The number of alkyl halides is 2. The molecule has 4 fully saturated rings. The lowest BCUT2D eigenvalue weighted by molar-refractivity contribution is -0.134. The van der Waals surface area contributed by atoms with E-state index in [1.54, 1.807) is 6.92 Å². The molecule has 3 aromatic rings. The minimum absolute atomic E-state index is 0.00147. The first-order valence-corrected chi connectivity index (χ1v) is 20.4. The van der Waals surface area contributed by atoms with Gasteiger partial charge in [0.05, 0.1) is 28.9 Å². The number of rotatable bonds is 11. The topological polar surface area (TPSA) is 176 Å². The Labute approximate surface area is 312 Å². The summed E-state index contributed by atoms with van der Waals surface area (Å²) >= 11 is 0. The number of nitrogens with one attached hydrogen (secondary N) is 2. The maximum atomic E-state index is 13.8. The fourth-order valence-electron chi connectivity index (χ4n) is 8.29. The number of ether oxygens (including phenoxy) is 1. The number of sulfonamides is 1. The Hall–Kier alpha value is -4.06. The molecule has 2 amide bonds. The van der Waals surface area contributed by atoms with Crippen LogP contribution in [0.25, 0.3) is 11.0 Å². The van der Waals surface area contributed by atoms with Crippen LogP contribution >= 0.6 is 0 Å². The average Bonchev–Trinajstić information content (AvgIpc) is 3.49. The highest BCUT2D eigenvalue weighted by atomic mass is 32.2. The minimum Gasteiger partial charge on any atom is -0.490 e. The van der Waals surface area contributed by atoms with Crippen LogP contribution < -0.4 is 20.9 Å². The highest BCUT2D eigenvalue weighted by Gasteiger charge is 2.40. The van der Waals surface area contributed by atoms with Crippen molar-refractivity contribution >= 4 is 38.8 Å². The number of aliphatic hydroxyl groups is 1. The van der Waals surface area contributed by atoms with Crippen LogP contribution in [-0.4, -0.2) is 105 Å². The van der Waals surface area contributed by atoms with Crippen molar-refractivity contribution in [1.29, 1.82) is 0 Å². The van der Waals surface area contributed by atoms with E-state index in [1.165, 1.54) is 15.1 Å². The highest BCUT2D eigenvalue weighted by Crippen LogP contribution is 2.40. The van der Waals surface area contributed by atoms with Crippen molar-refractivity contribution in [3.8, 4) is 5.75 Å². The molecule has 2 aromatic heterocycles. The van der Waals surface area contributed by atoms with Gasteiger partial charge in [0, 0.05) is 56.8 Å². The third-order valence-corrected chi connectivity index (χ3v) is 13.3. The molecule has 0 spiro atoms. The van der Waals surface area contributed by atoms with Crippen molar-refractivity contribution in [3.63, 3.8) is 0 Å². The summed E-state index contributed by atoms with van der Waals surface area (Å²) in [6, 6.07) is 7.69. The second-order valence-electron chi connectivity index (χ2n) is 15.2. The van der Waals surface area contributed by atoms with Gasteiger partial charge < -0.3 is 20.1 Å². The van der Waals surface area contributed by atoms with Gasteiger partial charge in [-0.1, -0.05) is 12.1 Å². The van der Waals surface area contributed by atoms with E-state index in [9.17, 15) is 36.7 Å². The Morgan fingerprint density at radius 1 is 1.06 bits per heavy atom. The number of aromatic nitrogens is 3. The summed E-state index contributed by atoms with van der Waals surface area (Å²) in [5, 5.41) is 16.9. The Morgan fingerprint density at radius 3 is 2.50 bits per heavy atom. The van der Waals surface area contributed by atoms with E-state index in [4.69, 9.17) is 4.74 Å². The smallest absolute Gasteiger partial charge is 0.269 e. The molecule has 3 atom stereocenters. The van der Waals surface area contributed by atoms with E-state index in [0.717, 1.165) is 24.5 Å². The van der Waals surface area contributed by atoms with E-state index in [-0.39, 0.29) is 52.6 Å². The molecule has 1 saturated carbocycles. The molecule has 3 saturated heterocycles. The number of benzene rings is 1. The fraction of sp³-hybridized carbons (Fsp3) is 0.595. The highest BCUT2D eigenvalue weighted by molar-refractivity contribution is 7.89. The zero-order valence-electron chi connectivity index (χ0n) is 30.3. The van der Waals surface area contributed by atoms with Crippen molar-refractivity contribution in [3.05, 3.63) is 58.0 Å². The second kappa shape index (κ2) is 15.6. The summed E-state index contributed by atoms with van der Waals surface area (Å²) < 4.78 is 63.3. The van der Waals surface area contributed by atoms with Crippen molar-refractivity contribution in [1.82, 2.24) is 29.1 Å². The molecule has 0 radical (unpaired) electrons. The molecule has 5 heterocycles. The van der Waals surface area contributed by atoms with Crippen molar-refractivity contribution in [2.45, 2.75) is 101 Å². The van der Waals surface area contributed by atoms with E-state index in [0.29, 0.717) is 83.4 Å². The lowest BCUT2D eigenvalue weighted by Gasteiger charge is -2.34. The Kier molecular flexibility index (Phi) is 11.0. The monoisotopic (exact) mass is 771 g/mol. The predicted molar refractivity (Wildman–Crippen MR) is 196 cm³/mol. The molecule has 1 aliphatic carbocycles. The van der Waals surface area contributed by atoms with Gasteiger partial charge in [0.25, 0.3) is 12.0 Å². The van der Waals surface area contributed by atoms with Crippen LogP contribution in [0.5, 0.6) is 5.75 Å². The Morgan fingerprint density at radius 2 is 1.81 bits per heavy atom. The van der Waals surface area contributed by atoms with Crippen LogP contribution in [0.15, 0.2) is 41.3 Å². The molecular weight excluding hydrogens is 725 g/mol. The van der Waals surface area contributed by atoms with E-state index >= 15 is 0 Å². The number of likely N-dealkylation sites (tertiary alicyclic amines) is 1. The molecule has 7 rings (SSSR count). The van der Waals surface area contributed by atoms with Gasteiger partial charge in [0.2, 0.25) is 27.8 Å². The van der Waals surface area contributed by atoms with Crippen LogP contribution in [0.4, 0.5) is 14.7 Å². The molecular formula is C37H47F2N7O7S. The maximum Gasteiger partial charge on any atom is 0.269 e. The molecule has 0 bridgehead atoms. The van der Waals surface area contributed by atoms with Crippen LogP contribution in [-0.2, 0) is 19.6 Å². The molecule has 292 valence electrons. The number of imide groups is 1. The van der Waals surface area contributed by atoms with Crippen LogP contribution in [0, 0.1) is 0 Å². The summed E-state index contributed by atoms with van der Waals surface area (Å²) in [5.41, 5.74) is -1.80. The van der Waals surface area contributed by atoms with Gasteiger partial charge in [-0.3, -0.25) is 24.3 Å². The predicted octanol–water partition coefficient (Wildman–Crippen LogP) is 3.47. The van der Waals surface area contributed by atoms with Crippen LogP contribution in [0.3, 0.4) is 0 Å². The van der Waals surface area contributed by atoms with Gasteiger partial charge in [-0.15, -0.1) is 0 Å². The first-order chi connectivity index (χ1) is 25.8. The number of nitrogens with zero attached hydrogens (tertiary/aromatic N) is 5. The number of halogens is 2. The largest absolute Gasteiger partial charge is 0.490 e. The third kappa shape index (κ3) is 8.28. The van der Waals surface area contributed by atoms with Crippen LogP contribution in [0.2, 0.25) is 0 Å². The number of hydrogen-bond donors (Lipinski definition) is 3. The second-order valence-corrected chi connectivity index (χ2v) is 17.3. The van der Waals surface area contributed by atoms with Gasteiger partial charge >= 0.3 is 0 Å². The molecule has 4 aliphatic rings. The van der Waals surface area contributed by atoms with Crippen molar-refractivity contribution < 1.29 is 36.6 Å². The molecule has 14 nitrogen and oxygen atoms in total. The summed E-state index contributed by atoms with van der Waals surface area (Å²) in [6.45, 7) is 4.03. The minimum atomic E-state index is -3.51. The lowest BCUT2D eigenvalue weighted by Crippen LogP contribution is -2.46. The molecule has 1 aromatic carbocycles. The molecule has 54 heavy (non-hydrogen) atoms. The fourth-order valence-corrected chi connectivity index (χ4v) is 9.80. The number of anilines is 1. The van der Waals surface area contributed by atoms with Crippen molar-refractivity contribution in [2.75, 3.05) is 43.8 Å². The SMILES string of the molecule is CC1(O)CCCC1n1c(=O)c(C(F)F)cc2cnc(NC3CCN(S(=O)(=O)CCN4CCC(Oc5cccc(C6CCC(=O)NC6=O)c5)CC4)CC3)nc21. The van der Waals surface area contributed by atoms with E-state index in [1.807, 2.05) is 24.3 Å². The molecule has 3 N–H and O–H groups in total. The normalized spacial score (nSPS) is 25.4. The Balaban J connectivity index is 0.897. The van der Waals surface area contributed by atoms with E-state index in [2.05, 4.69) is 25.5 Å². The summed E-state index contributed by atoms with van der Waals surface area (Å²) in [6.07, 6.45) is 3.15. The molecule has 3 aliphatic heterocycles. The lowest BCUT2D eigenvalue weighted by atomic mass is 9.90. The van der Waals surface area contributed by atoms with Gasteiger partial charge in [-0.2, -0.15) is 4.98 Å². The van der Waals surface area contributed by atoms with Crippen molar-refractivity contribution in [2.24, 2.45) is 0 Å². The number of carbonyl (C=O) groups is 2. The van der Waals surface area contributed by atoms with Gasteiger partial charge in [0.15, 0.2) is 0 Å². The summed E-state index contributed by atoms with van der Waals surface area (Å²) in [7, 11) is -3.51. The number of pyridine rings is 1. The van der Waals surface area contributed by atoms with Crippen LogP contribution in [0.1, 0.15) is 94.2 Å². The first kappa shape index (κ1) is 38.2. The Bertz CT molecular complexity index is 2050. The quantitative estimate of drug-likeness (QED) is 0.244. The average molecular weight is 772 g/mol. The number of fused-ring (bicyclic) bond motifs is 1. The van der Waals surface area contributed by atoms with Gasteiger partial charge in [-0.05, 0) is 82.1 Å². The number of carbonyl (C=O) groups excluding carboxylic acids is 2. The number of amides is 2. The summed E-state index contributed by atoms with van der Waals surface area (Å²) in [4.78, 5) is 48.1. The third-order valence-electron chi connectivity index (χ3n) is 11.4. The number of hydrogen-bond acceptors (Lipinski definition) is 11. The zero-order chi connectivity index (χ0) is 38.2. The molecule has 3 unspecified atom stereocenters. The van der Waals surface area contributed by atoms with Gasteiger partial charge in [0.1, 0.15) is 17.5 Å². The van der Waals surface area contributed by atoms with E-state index < -0.39 is 39.2 Å². The first-order valence-electron chi connectivity index (χ1n) is 18.8. The zero-order valence-corrected chi connectivity index (χ0v) is 31.1. The standard InChI is InChI=1S/C37H47F2N7O7S/c1-37(50)13-3-6-30(37)46-33-24(21-29(32(38)39)35(46)49)22-40-36(43-33)41-25-9-16-45(17-10-25)54(51,52)19-18-44-14-11-26(12-15-44)53-27-5-2-4-23(20-27)28-7-8-31(47)42-34(28)48/h2,4-5,20-22,25-26,28,30,32,50H,3,6-19H2,1H3,(H,40,41,43)(H,42,47,48). The number of piperidine rings is 3. The summed E-state index contributed by atoms with van der Waals surface area (Å²) in [5.74, 6) is -0.0455. The molecule has 17 heteroatoms.